The monoisotopic (exact) mass is 179 g/mol. The zero-order valence-corrected chi connectivity index (χ0v) is 7.09. The predicted molar refractivity (Wildman–Crippen MR) is 46.9 cm³/mol. The van der Waals surface area contributed by atoms with E-state index in [0.717, 1.165) is 12.8 Å². The average molecular weight is 179 g/mol. The number of halogens is 1. The SMILES string of the molecule is NC(=O)c1cccc(F)c1C1CC1. The van der Waals surface area contributed by atoms with Crippen LogP contribution in [0.4, 0.5) is 4.39 Å². The second-order valence-corrected chi connectivity index (χ2v) is 3.34. The maximum Gasteiger partial charge on any atom is 0.249 e. The summed E-state index contributed by atoms with van der Waals surface area (Å²) in [6.45, 7) is 0. The third-order valence-electron chi connectivity index (χ3n) is 2.30. The molecule has 0 atom stereocenters. The molecule has 0 radical (unpaired) electrons. The Labute approximate surface area is 75.6 Å². The van der Waals surface area contributed by atoms with Gasteiger partial charge in [-0.15, -0.1) is 0 Å². The lowest BCUT2D eigenvalue weighted by molar-refractivity contribution is 0.0999. The van der Waals surface area contributed by atoms with Gasteiger partial charge in [0.15, 0.2) is 0 Å². The first-order valence-electron chi connectivity index (χ1n) is 4.28. The van der Waals surface area contributed by atoms with Gasteiger partial charge in [0.05, 0.1) is 0 Å². The zero-order valence-electron chi connectivity index (χ0n) is 7.09. The van der Waals surface area contributed by atoms with Crippen molar-refractivity contribution >= 4 is 5.91 Å². The number of nitrogens with two attached hydrogens (primary N) is 1. The summed E-state index contributed by atoms with van der Waals surface area (Å²) in [6, 6.07) is 4.47. The van der Waals surface area contributed by atoms with E-state index in [1.807, 2.05) is 0 Å². The molecule has 2 nitrogen and oxygen atoms in total. The van der Waals surface area contributed by atoms with Crippen LogP contribution in [-0.4, -0.2) is 5.91 Å². The fourth-order valence-corrected chi connectivity index (χ4v) is 1.54. The van der Waals surface area contributed by atoms with Gasteiger partial charge in [-0.1, -0.05) is 6.07 Å². The summed E-state index contributed by atoms with van der Waals surface area (Å²) in [6.07, 6.45) is 1.92. The van der Waals surface area contributed by atoms with E-state index in [0.29, 0.717) is 11.1 Å². The lowest BCUT2D eigenvalue weighted by atomic mass is 10.0. The molecular formula is C10H10FNO. The largest absolute Gasteiger partial charge is 0.366 e. The topological polar surface area (TPSA) is 43.1 Å². The molecule has 1 aliphatic rings. The molecule has 3 heteroatoms. The molecule has 1 saturated carbocycles. The van der Waals surface area contributed by atoms with Crippen LogP contribution < -0.4 is 5.73 Å². The standard InChI is InChI=1S/C10H10FNO/c11-8-3-1-2-7(10(12)13)9(8)6-4-5-6/h1-3,6H,4-5H2,(H2,12,13). The number of benzene rings is 1. The number of rotatable bonds is 2. The van der Waals surface area contributed by atoms with Gasteiger partial charge in [0.2, 0.25) is 5.91 Å². The van der Waals surface area contributed by atoms with E-state index in [9.17, 15) is 9.18 Å². The van der Waals surface area contributed by atoms with Crippen LogP contribution in [0.25, 0.3) is 0 Å². The molecule has 1 aromatic rings. The van der Waals surface area contributed by atoms with E-state index < -0.39 is 5.91 Å². The molecule has 68 valence electrons. The molecule has 0 unspecified atom stereocenters. The molecule has 0 bridgehead atoms. The van der Waals surface area contributed by atoms with Crippen LogP contribution in [0.15, 0.2) is 18.2 Å². The maximum absolute atomic E-state index is 13.3. The summed E-state index contributed by atoms with van der Waals surface area (Å²) in [5.74, 6) is -0.635. The summed E-state index contributed by atoms with van der Waals surface area (Å²) >= 11 is 0. The first-order chi connectivity index (χ1) is 6.20. The number of carbonyl (C=O) groups excluding carboxylic acids is 1. The Morgan fingerprint density at radius 1 is 1.46 bits per heavy atom. The van der Waals surface area contributed by atoms with Crippen molar-refractivity contribution < 1.29 is 9.18 Å². The summed E-state index contributed by atoms with van der Waals surface area (Å²) < 4.78 is 13.3. The fourth-order valence-electron chi connectivity index (χ4n) is 1.54. The Balaban J connectivity index is 2.53. The molecule has 0 spiro atoms. The van der Waals surface area contributed by atoms with Gasteiger partial charge >= 0.3 is 0 Å². The number of carbonyl (C=O) groups is 1. The number of hydrogen-bond acceptors (Lipinski definition) is 1. The third kappa shape index (κ3) is 1.41. The molecule has 2 rings (SSSR count). The molecule has 1 aliphatic carbocycles. The highest BCUT2D eigenvalue weighted by atomic mass is 19.1. The predicted octanol–water partition coefficient (Wildman–Crippen LogP) is 1.80. The van der Waals surface area contributed by atoms with Gasteiger partial charge in [0.25, 0.3) is 0 Å². The summed E-state index contributed by atoms with van der Waals surface area (Å²) in [7, 11) is 0. The van der Waals surface area contributed by atoms with Crippen LogP contribution in [0.1, 0.15) is 34.7 Å². The van der Waals surface area contributed by atoms with E-state index >= 15 is 0 Å². The molecule has 0 aromatic heterocycles. The normalized spacial score (nSPS) is 15.8. The Kier molecular flexibility index (Phi) is 1.79. The Bertz CT molecular complexity index is 358. The molecule has 2 N–H and O–H groups in total. The Morgan fingerprint density at radius 3 is 2.69 bits per heavy atom. The Hall–Kier alpha value is -1.38. The molecule has 0 heterocycles. The minimum atomic E-state index is -0.540. The van der Waals surface area contributed by atoms with E-state index in [1.54, 1.807) is 6.07 Å². The van der Waals surface area contributed by atoms with Gasteiger partial charge in [-0.05, 0) is 30.9 Å². The van der Waals surface area contributed by atoms with Crippen LogP contribution >= 0.6 is 0 Å². The van der Waals surface area contributed by atoms with Crippen molar-refractivity contribution in [3.8, 4) is 0 Å². The lowest BCUT2D eigenvalue weighted by Gasteiger charge is -2.05. The van der Waals surface area contributed by atoms with Crippen molar-refractivity contribution in [2.24, 2.45) is 5.73 Å². The molecule has 0 aliphatic heterocycles. The van der Waals surface area contributed by atoms with Gasteiger partial charge in [0.1, 0.15) is 5.82 Å². The molecule has 0 saturated heterocycles. The molecule has 13 heavy (non-hydrogen) atoms. The Morgan fingerprint density at radius 2 is 2.15 bits per heavy atom. The minimum Gasteiger partial charge on any atom is -0.366 e. The van der Waals surface area contributed by atoms with Crippen LogP contribution in [0.5, 0.6) is 0 Å². The van der Waals surface area contributed by atoms with Crippen molar-refractivity contribution in [2.45, 2.75) is 18.8 Å². The van der Waals surface area contributed by atoms with Gasteiger partial charge < -0.3 is 5.73 Å². The highest BCUT2D eigenvalue weighted by molar-refractivity contribution is 5.94. The molecular weight excluding hydrogens is 169 g/mol. The first kappa shape index (κ1) is 8.23. The fraction of sp³-hybridized carbons (Fsp3) is 0.300. The molecule has 1 aromatic carbocycles. The average Bonchev–Trinajstić information content (AvgIpc) is 2.86. The van der Waals surface area contributed by atoms with Gasteiger partial charge in [-0.2, -0.15) is 0 Å². The van der Waals surface area contributed by atoms with Gasteiger partial charge in [-0.25, -0.2) is 4.39 Å². The van der Waals surface area contributed by atoms with E-state index in [-0.39, 0.29) is 11.7 Å². The van der Waals surface area contributed by atoms with Crippen molar-refractivity contribution in [3.63, 3.8) is 0 Å². The number of hydrogen-bond donors (Lipinski definition) is 1. The zero-order chi connectivity index (χ0) is 9.42. The molecule has 1 fully saturated rings. The lowest BCUT2D eigenvalue weighted by Crippen LogP contribution is -2.14. The minimum absolute atomic E-state index is 0.212. The summed E-state index contributed by atoms with van der Waals surface area (Å²) in [5, 5.41) is 0. The first-order valence-corrected chi connectivity index (χ1v) is 4.28. The third-order valence-corrected chi connectivity index (χ3v) is 2.30. The van der Waals surface area contributed by atoms with Crippen molar-refractivity contribution in [3.05, 3.63) is 35.1 Å². The van der Waals surface area contributed by atoms with Crippen LogP contribution in [0.2, 0.25) is 0 Å². The summed E-state index contributed by atoms with van der Waals surface area (Å²) in [4.78, 5) is 11.0. The van der Waals surface area contributed by atoms with E-state index in [4.69, 9.17) is 5.73 Å². The smallest absolute Gasteiger partial charge is 0.249 e. The summed E-state index contributed by atoms with van der Waals surface area (Å²) in [5.41, 5.74) is 5.99. The maximum atomic E-state index is 13.3. The van der Waals surface area contributed by atoms with Crippen LogP contribution in [0, 0.1) is 5.82 Å². The highest BCUT2D eigenvalue weighted by Crippen LogP contribution is 2.42. The number of amides is 1. The second-order valence-electron chi connectivity index (χ2n) is 3.34. The quantitative estimate of drug-likeness (QED) is 0.739. The van der Waals surface area contributed by atoms with Crippen LogP contribution in [-0.2, 0) is 0 Å². The van der Waals surface area contributed by atoms with Gasteiger partial charge in [-0.3, -0.25) is 4.79 Å². The van der Waals surface area contributed by atoms with Crippen molar-refractivity contribution in [1.29, 1.82) is 0 Å². The van der Waals surface area contributed by atoms with Crippen molar-refractivity contribution in [1.82, 2.24) is 0 Å². The molecule has 1 amide bonds. The van der Waals surface area contributed by atoms with E-state index in [2.05, 4.69) is 0 Å². The second kappa shape index (κ2) is 2.83. The highest BCUT2D eigenvalue weighted by Gasteiger charge is 2.30. The van der Waals surface area contributed by atoms with E-state index in [1.165, 1.54) is 12.1 Å². The van der Waals surface area contributed by atoms with Crippen LogP contribution in [0.3, 0.4) is 0 Å². The number of primary amides is 1. The van der Waals surface area contributed by atoms with Crippen molar-refractivity contribution in [2.75, 3.05) is 0 Å². The van der Waals surface area contributed by atoms with Gasteiger partial charge in [0, 0.05) is 11.1 Å².